The van der Waals surface area contributed by atoms with Gasteiger partial charge in [0.2, 0.25) is 0 Å². The number of ether oxygens (including phenoxy) is 1. The van der Waals surface area contributed by atoms with Crippen LogP contribution in [0.3, 0.4) is 0 Å². The summed E-state index contributed by atoms with van der Waals surface area (Å²) >= 11 is 0. The van der Waals surface area contributed by atoms with Crippen molar-refractivity contribution < 1.29 is 38.9 Å². The molecule has 134 valence electrons. The number of rotatable bonds is 8. The maximum atomic E-state index is 12.1. The second kappa shape index (κ2) is 10.7. The quantitative estimate of drug-likeness (QED) is 0.392. The van der Waals surface area contributed by atoms with Crippen molar-refractivity contribution in [1.29, 1.82) is 0 Å². The van der Waals surface area contributed by atoms with E-state index in [4.69, 9.17) is 9.84 Å². The van der Waals surface area contributed by atoms with Crippen molar-refractivity contribution in [1.82, 2.24) is 9.97 Å². The molecule has 2 aromatic rings. The molecule has 0 radical (unpaired) electrons. The predicted octanol–water partition coefficient (Wildman–Crippen LogP) is 3.58. The third-order valence-corrected chi connectivity index (χ3v) is 3.50. The normalized spacial score (nSPS) is 9.96. The zero-order valence-corrected chi connectivity index (χ0v) is 15.7. The van der Waals surface area contributed by atoms with Gasteiger partial charge >= 0.3 is 11.9 Å². The first-order valence-corrected chi connectivity index (χ1v) is 7.94. The van der Waals surface area contributed by atoms with Crippen molar-refractivity contribution in [2.75, 3.05) is 6.61 Å². The summed E-state index contributed by atoms with van der Waals surface area (Å²) < 4.78 is 5.25. The number of nitrogens with zero attached hydrogens (tertiary/aromatic N) is 2. The van der Waals surface area contributed by atoms with Gasteiger partial charge in [0.05, 0.1) is 29.1 Å². The Kier molecular flexibility index (Phi) is 8.92. The summed E-state index contributed by atoms with van der Waals surface area (Å²) in [5.41, 5.74) is 1.31. The molecule has 25 heavy (non-hydrogen) atoms. The summed E-state index contributed by atoms with van der Waals surface area (Å²) in [6.45, 7) is 2.52. The van der Waals surface area contributed by atoms with Gasteiger partial charge in [0.15, 0.2) is 0 Å². The van der Waals surface area contributed by atoms with Crippen LogP contribution >= 0.6 is 0 Å². The first-order chi connectivity index (χ1) is 11.6. The van der Waals surface area contributed by atoms with Gasteiger partial charge in [-0.15, -0.1) is 0 Å². The van der Waals surface area contributed by atoms with Gasteiger partial charge in [-0.3, -0.25) is 9.97 Å². The number of hydrogen-bond donors (Lipinski definition) is 1. The molecule has 0 aliphatic heterocycles. The molecule has 0 atom stereocenters. The first kappa shape index (κ1) is 20.9. The number of carbonyl (C=O) groups excluding carboxylic acids is 1. The number of esters is 1. The third-order valence-electron chi connectivity index (χ3n) is 3.50. The third kappa shape index (κ3) is 6.35. The van der Waals surface area contributed by atoms with E-state index in [2.05, 4.69) is 16.9 Å². The Balaban J connectivity index is 0.00000312. The van der Waals surface area contributed by atoms with Crippen molar-refractivity contribution in [3.05, 3.63) is 47.8 Å². The molecular formula is C18H20N2O4Ru. The van der Waals surface area contributed by atoms with Crippen LogP contribution in [0.5, 0.6) is 0 Å². The van der Waals surface area contributed by atoms with Gasteiger partial charge < -0.3 is 9.84 Å². The monoisotopic (exact) mass is 430 g/mol. The number of aromatic carboxylic acids is 1. The topological polar surface area (TPSA) is 89.4 Å². The van der Waals surface area contributed by atoms with Crippen molar-refractivity contribution in [2.24, 2.45) is 0 Å². The second-order valence-electron chi connectivity index (χ2n) is 5.36. The molecular weight excluding hydrogens is 409 g/mol. The molecule has 0 saturated heterocycles. The van der Waals surface area contributed by atoms with Crippen LogP contribution in [0, 0.1) is 0 Å². The van der Waals surface area contributed by atoms with Crippen molar-refractivity contribution in [3.63, 3.8) is 0 Å². The Morgan fingerprint density at radius 3 is 2.20 bits per heavy atom. The first-order valence-electron chi connectivity index (χ1n) is 7.94. The molecule has 1 N–H and O–H groups in total. The SMILES string of the molecule is CCCCCCOC(=O)c1ccnc(-c2cc(C(=O)O)ccn2)c1.[Ru]. The average molecular weight is 429 g/mol. The van der Waals surface area contributed by atoms with Crippen LogP contribution in [0.1, 0.15) is 53.3 Å². The molecule has 0 aliphatic rings. The molecule has 0 saturated carbocycles. The van der Waals surface area contributed by atoms with Crippen molar-refractivity contribution in [3.8, 4) is 11.4 Å². The van der Waals surface area contributed by atoms with Crippen LogP contribution in [0.2, 0.25) is 0 Å². The van der Waals surface area contributed by atoms with E-state index in [-0.39, 0.29) is 25.0 Å². The van der Waals surface area contributed by atoms with Gasteiger partial charge in [0.1, 0.15) is 0 Å². The standard InChI is InChI=1S/C18H20N2O4.Ru/c1-2-3-4-5-10-24-18(23)14-7-9-20-16(12-14)15-11-13(17(21)22)6-8-19-15;/h6-9,11-12H,2-5,10H2,1H3,(H,21,22);. The molecule has 0 bridgehead atoms. The maximum Gasteiger partial charge on any atom is 0.338 e. The van der Waals surface area contributed by atoms with Crippen LogP contribution in [-0.2, 0) is 24.2 Å². The Hall–Kier alpha value is -2.14. The van der Waals surface area contributed by atoms with E-state index in [1.165, 1.54) is 24.5 Å². The van der Waals surface area contributed by atoms with Crippen LogP contribution in [0.15, 0.2) is 36.7 Å². The Labute approximate surface area is 159 Å². The number of unbranched alkanes of at least 4 members (excludes halogenated alkanes) is 3. The van der Waals surface area contributed by atoms with Gasteiger partial charge in [0.25, 0.3) is 0 Å². The van der Waals surface area contributed by atoms with Crippen LogP contribution in [0.25, 0.3) is 11.4 Å². The van der Waals surface area contributed by atoms with Crippen LogP contribution < -0.4 is 0 Å². The summed E-state index contributed by atoms with van der Waals surface area (Å²) in [5, 5.41) is 9.04. The summed E-state index contributed by atoms with van der Waals surface area (Å²) in [6, 6.07) is 5.95. The maximum absolute atomic E-state index is 12.1. The number of carboxylic acid groups (broad SMARTS) is 1. The molecule has 7 heteroatoms. The van der Waals surface area contributed by atoms with Crippen molar-refractivity contribution >= 4 is 11.9 Å². The fourth-order valence-corrected chi connectivity index (χ4v) is 2.18. The minimum absolute atomic E-state index is 0. The number of aromatic nitrogens is 2. The molecule has 0 aliphatic carbocycles. The summed E-state index contributed by atoms with van der Waals surface area (Å²) in [6.07, 6.45) is 7.03. The van der Waals surface area contributed by atoms with Gasteiger partial charge in [0, 0.05) is 31.9 Å². The molecule has 0 aromatic carbocycles. The average Bonchev–Trinajstić information content (AvgIpc) is 2.61. The minimum atomic E-state index is -1.04. The predicted molar refractivity (Wildman–Crippen MR) is 88.9 cm³/mol. The van der Waals surface area contributed by atoms with E-state index in [0.29, 0.717) is 23.6 Å². The second-order valence-corrected chi connectivity index (χ2v) is 5.36. The minimum Gasteiger partial charge on any atom is -0.478 e. The van der Waals surface area contributed by atoms with E-state index < -0.39 is 11.9 Å². The zero-order chi connectivity index (χ0) is 17.4. The van der Waals surface area contributed by atoms with Gasteiger partial charge in [-0.1, -0.05) is 26.2 Å². The Morgan fingerprint density at radius 2 is 1.60 bits per heavy atom. The van der Waals surface area contributed by atoms with E-state index in [0.717, 1.165) is 25.7 Å². The summed E-state index contributed by atoms with van der Waals surface area (Å²) in [7, 11) is 0. The smallest absolute Gasteiger partial charge is 0.338 e. The fourth-order valence-electron chi connectivity index (χ4n) is 2.18. The molecule has 2 rings (SSSR count). The van der Waals surface area contributed by atoms with E-state index >= 15 is 0 Å². The molecule has 0 spiro atoms. The molecule has 0 fully saturated rings. The molecule has 2 heterocycles. The zero-order valence-electron chi connectivity index (χ0n) is 13.9. The fraction of sp³-hybridized carbons (Fsp3) is 0.333. The van der Waals surface area contributed by atoms with Crippen LogP contribution in [-0.4, -0.2) is 33.6 Å². The van der Waals surface area contributed by atoms with Crippen LogP contribution in [0.4, 0.5) is 0 Å². The van der Waals surface area contributed by atoms with Crippen molar-refractivity contribution in [2.45, 2.75) is 32.6 Å². The summed E-state index contributed by atoms with van der Waals surface area (Å²) in [5.74, 6) is -1.45. The van der Waals surface area contributed by atoms with Gasteiger partial charge in [-0.25, -0.2) is 9.59 Å². The number of pyridine rings is 2. The number of carbonyl (C=O) groups is 2. The largest absolute Gasteiger partial charge is 0.478 e. The summed E-state index contributed by atoms with van der Waals surface area (Å²) in [4.78, 5) is 31.4. The molecule has 2 aromatic heterocycles. The van der Waals surface area contributed by atoms with E-state index in [1.807, 2.05) is 0 Å². The number of hydrogen-bond acceptors (Lipinski definition) is 5. The molecule has 0 unspecified atom stereocenters. The molecule has 6 nitrogen and oxygen atoms in total. The van der Waals surface area contributed by atoms with E-state index in [9.17, 15) is 9.59 Å². The molecule has 0 amide bonds. The van der Waals surface area contributed by atoms with Gasteiger partial charge in [-0.05, 0) is 30.7 Å². The Morgan fingerprint density at radius 1 is 1.00 bits per heavy atom. The van der Waals surface area contributed by atoms with Gasteiger partial charge in [-0.2, -0.15) is 0 Å². The number of carboxylic acids is 1. The Bertz CT molecular complexity index is 722. The van der Waals surface area contributed by atoms with E-state index in [1.54, 1.807) is 12.1 Å².